The molecular weight excluding hydrogens is 274 g/mol. The van der Waals surface area contributed by atoms with Crippen molar-refractivity contribution in [3.63, 3.8) is 0 Å². The summed E-state index contributed by atoms with van der Waals surface area (Å²) in [6.45, 7) is 0. The number of nitrogens with zero attached hydrogens (tertiary/aromatic N) is 3. The van der Waals surface area contributed by atoms with E-state index in [1.165, 1.54) is 0 Å². The Balaban J connectivity index is 1.86. The molecule has 0 fully saturated rings. The van der Waals surface area contributed by atoms with E-state index < -0.39 is 0 Å². The van der Waals surface area contributed by atoms with E-state index in [0.29, 0.717) is 11.5 Å². The van der Waals surface area contributed by atoms with Gasteiger partial charge in [-0.05, 0) is 18.2 Å². The van der Waals surface area contributed by atoms with Gasteiger partial charge in [0.05, 0.1) is 0 Å². The zero-order valence-corrected chi connectivity index (χ0v) is 11.9. The van der Waals surface area contributed by atoms with Gasteiger partial charge in [0, 0.05) is 37.3 Å². The molecule has 3 rings (SSSR count). The average Bonchev–Trinajstić information content (AvgIpc) is 3.01. The third-order valence-electron chi connectivity index (χ3n) is 2.67. The number of thiazole rings is 1. The normalized spacial score (nSPS) is 11.5. The molecule has 3 aromatic rings. The first kappa shape index (κ1) is 12.7. The van der Waals surface area contributed by atoms with Crippen molar-refractivity contribution in [2.24, 2.45) is 0 Å². The van der Waals surface area contributed by atoms with Crippen molar-refractivity contribution in [1.29, 1.82) is 0 Å². The fraction of sp³-hybridized carbons (Fsp3) is 0.143. The minimum absolute atomic E-state index is 0.169. The number of hydrogen-bond donors (Lipinski definition) is 1. The Hall–Kier alpha value is -2.34. The quantitative estimate of drug-likeness (QED) is 0.801. The number of phenolic OH excluding ortho intramolecular Hbond substituents is 1. The number of rotatable bonds is 3. The second-order valence-corrected chi connectivity index (χ2v) is 5.52. The third kappa shape index (κ3) is 2.50. The summed E-state index contributed by atoms with van der Waals surface area (Å²) in [6.07, 6.45) is 5.52. The molecule has 0 bridgehead atoms. The molecule has 0 saturated heterocycles. The molecule has 1 N–H and O–H groups in total. The van der Waals surface area contributed by atoms with Crippen LogP contribution in [-0.4, -0.2) is 29.2 Å². The molecule has 0 unspecified atom stereocenters. The molecule has 20 heavy (non-hydrogen) atoms. The van der Waals surface area contributed by atoms with Gasteiger partial charge < -0.3 is 14.4 Å². The molecule has 2 aromatic heterocycles. The lowest BCUT2D eigenvalue weighted by Gasteiger charge is -2.04. The number of benzene rings is 1. The Morgan fingerprint density at radius 1 is 1.30 bits per heavy atom. The van der Waals surface area contributed by atoms with E-state index in [4.69, 9.17) is 4.42 Å². The van der Waals surface area contributed by atoms with Gasteiger partial charge in [-0.1, -0.05) is 11.3 Å². The van der Waals surface area contributed by atoms with Crippen molar-refractivity contribution in [3.8, 4) is 5.75 Å². The highest BCUT2D eigenvalue weighted by atomic mass is 32.1. The monoisotopic (exact) mass is 287 g/mol. The first-order valence-corrected chi connectivity index (χ1v) is 6.84. The fourth-order valence-corrected chi connectivity index (χ4v) is 2.46. The Morgan fingerprint density at radius 2 is 2.15 bits per heavy atom. The van der Waals surface area contributed by atoms with E-state index in [9.17, 15) is 5.11 Å². The topological polar surface area (TPSA) is 62.4 Å². The van der Waals surface area contributed by atoms with Crippen LogP contribution in [0, 0.1) is 0 Å². The van der Waals surface area contributed by atoms with Gasteiger partial charge in [0.1, 0.15) is 11.3 Å². The van der Waals surface area contributed by atoms with Gasteiger partial charge in [0.25, 0.3) is 0 Å². The smallest absolute Gasteiger partial charge is 0.220 e. The minimum Gasteiger partial charge on any atom is -0.508 e. The van der Waals surface area contributed by atoms with E-state index in [1.807, 2.05) is 31.3 Å². The fourth-order valence-electron chi connectivity index (χ4n) is 1.72. The van der Waals surface area contributed by atoms with Crippen LogP contribution in [0.3, 0.4) is 0 Å². The van der Waals surface area contributed by atoms with Crippen LogP contribution in [0.2, 0.25) is 0 Å². The number of oxazole rings is 1. The molecule has 0 aliphatic heterocycles. The van der Waals surface area contributed by atoms with Gasteiger partial charge in [-0.2, -0.15) is 0 Å². The van der Waals surface area contributed by atoms with Crippen LogP contribution in [0.4, 0.5) is 5.13 Å². The van der Waals surface area contributed by atoms with Crippen LogP contribution < -0.4 is 4.90 Å². The molecule has 0 radical (unpaired) electrons. The minimum atomic E-state index is 0.169. The number of aromatic nitrogens is 2. The highest BCUT2D eigenvalue weighted by Crippen LogP contribution is 2.24. The van der Waals surface area contributed by atoms with Crippen molar-refractivity contribution in [2.45, 2.75) is 0 Å². The molecule has 0 atom stereocenters. The van der Waals surface area contributed by atoms with E-state index in [2.05, 4.69) is 9.97 Å². The maximum absolute atomic E-state index is 9.39. The summed E-state index contributed by atoms with van der Waals surface area (Å²) in [5, 5.41) is 10.3. The molecule has 0 spiro atoms. The maximum Gasteiger partial charge on any atom is 0.220 e. The second-order valence-electron chi connectivity index (χ2n) is 4.48. The number of aromatic hydroxyl groups is 1. The van der Waals surface area contributed by atoms with Crippen LogP contribution in [0.25, 0.3) is 23.3 Å². The van der Waals surface area contributed by atoms with E-state index in [0.717, 1.165) is 15.5 Å². The molecule has 1 aromatic carbocycles. The third-order valence-corrected chi connectivity index (χ3v) is 3.80. The SMILES string of the molecule is CN(C)c1ncc(C=Cc2nc3ccc(O)cc3o2)s1. The van der Waals surface area contributed by atoms with Crippen molar-refractivity contribution >= 4 is 39.7 Å². The van der Waals surface area contributed by atoms with Gasteiger partial charge >= 0.3 is 0 Å². The first-order chi connectivity index (χ1) is 9.61. The number of hydrogen-bond acceptors (Lipinski definition) is 6. The van der Waals surface area contributed by atoms with E-state index in [-0.39, 0.29) is 5.75 Å². The van der Waals surface area contributed by atoms with Gasteiger partial charge in [-0.3, -0.25) is 0 Å². The predicted octanol–water partition coefficient (Wildman–Crippen LogP) is 3.23. The standard InChI is InChI=1S/C14H13N3O2S/c1-17(2)14-15-8-10(20-14)4-6-13-16-11-5-3-9(18)7-12(11)19-13/h3-8,18H,1-2H3. The van der Waals surface area contributed by atoms with Crippen LogP contribution in [0.1, 0.15) is 10.8 Å². The Labute approximate surface area is 119 Å². The molecule has 0 amide bonds. The summed E-state index contributed by atoms with van der Waals surface area (Å²) in [6, 6.07) is 4.86. The predicted molar refractivity (Wildman–Crippen MR) is 81.0 cm³/mol. The van der Waals surface area contributed by atoms with Crippen LogP contribution in [0.15, 0.2) is 28.8 Å². The number of phenols is 1. The summed E-state index contributed by atoms with van der Waals surface area (Å²) in [4.78, 5) is 11.6. The highest BCUT2D eigenvalue weighted by Gasteiger charge is 2.05. The van der Waals surface area contributed by atoms with E-state index in [1.54, 1.807) is 35.6 Å². The van der Waals surface area contributed by atoms with Gasteiger partial charge in [0.15, 0.2) is 10.7 Å². The van der Waals surface area contributed by atoms with Gasteiger partial charge in [-0.25, -0.2) is 9.97 Å². The average molecular weight is 287 g/mol. The van der Waals surface area contributed by atoms with Crippen molar-refractivity contribution < 1.29 is 9.52 Å². The Bertz CT molecular complexity index is 774. The summed E-state index contributed by atoms with van der Waals surface area (Å²) in [5.41, 5.74) is 1.30. The summed E-state index contributed by atoms with van der Waals surface area (Å²) >= 11 is 1.59. The Kier molecular flexibility index (Phi) is 3.15. The number of fused-ring (bicyclic) bond motifs is 1. The molecule has 2 heterocycles. The molecule has 0 aliphatic carbocycles. The molecular formula is C14H13N3O2S. The maximum atomic E-state index is 9.39. The second kappa shape index (κ2) is 4.97. The van der Waals surface area contributed by atoms with Crippen LogP contribution in [-0.2, 0) is 0 Å². The Morgan fingerprint density at radius 3 is 2.90 bits per heavy atom. The number of anilines is 1. The molecule has 5 nitrogen and oxygen atoms in total. The van der Waals surface area contributed by atoms with Crippen molar-refractivity contribution in [1.82, 2.24) is 9.97 Å². The van der Waals surface area contributed by atoms with Crippen LogP contribution in [0.5, 0.6) is 5.75 Å². The lowest BCUT2D eigenvalue weighted by Crippen LogP contribution is -2.07. The zero-order valence-electron chi connectivity index (χ0n) is 11.1. The summed E-state index contributed by atoms with van der Waals surface area (Å²) in [5.74, 6) is 0.674. The van der Waals surface area contributed by atoms with Gasteiger partial charge in [-0.15, -0.1) is 0 Å². The van der Waals surface area contributed by atoms with Crippen LogP contribution >= 0.6 is 11.3 Å². The molecule has 6 heteroatoms. The van der Waals surface area contributed by atoms with Crippen molar-refractivity contribution in [3.05, 3.63) is 35.2 Å². The highest BCUT2D eigenvalue weighted by molar-refractivity contribution is 7.16. The molecule has 102 valence electrons. The van der Waals surface area contributed by atoms with E-state index >= 15 is 0 Å². The summed E-state index contributed by atoms with van der Waals surface area (Å²) < 4.78 is 5.54. The molecule has 0 aliphatic rings. The summed E-state index contributed by atoms with van der Waals surface area (Å²) in [7, 11) is 3.92. The lowest BCUT2D eigenvalue weighted by atomic mass is 10.3. The molecule has 0 saturated carbocycles. The van der Waals surface area contributed by atoms with Gasteiger partial charge in [0.2, 0.25) is 5.89 Å². The zero-order chi connectivity index (χ0) is 14.1. The first-order valence-electron chi connectivity index (χ1n) is 6.02. The van der Waals surface area contributed by atoms with Crippen molar-refractivity contribution in [2.75, 3.05) is 19.0 Å². The largest absolute Gasteiger partial charge is 0.508 e. The lowest BCUT2D eigenvalue weighted by molar-refractivity contribution is 0.474.